The highest BCUT2D eigenvalue weighted by atomic mass is 16.5. The van der Waals surface area contributed by atoms with Gasteiger partial charge in [0.05, 0.1) is 19.1 Å². The number of carbonyl (C=O) groups excluding carboxylic acids is 2. The van der Waals surface area contributed by atoms with E-state index < -0.39 is 0 Å². The van der Waals surface area contributed by atoms with Crippen molar-refractivity contribution in [3.63, 3.8) is 0 Å². The summed E-state index contributed by atoms with van der Waals surface area (Å²) in [5.41, 5.74) is 0. The van der Waals surface area contributed by atoms with Crippen molar-refractivity contribution in [3.05, 3.63) is 0 Å². The smallest absolute Gasteiger partial charge is 0.325 e. The van der Waals surface area contributed by atoms with Gasteiger partial charge in [-0.25, -0.2) is 0 Å². The molecule has 2 fully saturated rings. The summed E-state index contributed by atoms with van der Waals surface area (Å²) in [7, 11) is 0. The molecule has 5 nitrogen and oxygen atoms in total. The summed E-state index contributed by atoms with van der Waals surface area (Å²) in [6.07, 6.45) is 3.79. The Balaban J connectivity index is 1.91. The average Bonchev–Trinajstić information content (AvgIpc) is 3.21. The zero-order chi connectivity index (χ0) is 13.0. The van der Waals surface area contributed by atoms with Gasteiger partial charge in [0.15, 0.2) is 0 Å². The van der Waals surface area contributed by atoms with Crippen LogP contribution in [0.25, 0.3) is 0 Å². The van der Waals surface area contributed by atoms with E-state index in [1.807, 2.05) is 0 Å². The minimum absolute atomic E-state index is 0.0604. The Morgan fingerprint density at radius 3 is 2.67 bits per heavy atom. The predicted molar refractivity (Wildman–Crippen MR) is 64.9 cm³/mol. The van der Waals surface area contributed by atoms with Crippen LogP contribution in [0.2, 0.25) is 0 Å². The van der Waals surface area contributed by atoms with Crippen molar-refractivity contribution in [2.75, 3.05) is 26.4 Å². The lowest BCUT2D eigenvalue weighted by Gasteiger charge is -2.28. The van der Waals surface area contributed by atoms with E-state index in [9.17, 15) is 9.59 Å². The normalized spacial score (nSPS) is 23.5. The first kappa shape index (κ1) is 13.3. The van der Waals surface area contributed by atoms with Crippen LogP contribution in [0.15, 0.2) is 0 Å². The van der Waals surface area contributed by atoms with E-state index in [2.05, 4.69) is 0 Å². The molecule has 1 saturated carbocycles. The number of hydrogen-bond acceptors (Lipinski definition) is 4. The van der Waals surface area contributed by atoms with Crippen LogP contribution in [0.3, 0.4) is 0 Å². The summed E-state index contributed by atoms with van der Waals surface area (Å²) >= 11 is 0. The van der Waals surface area contributed by atoms with E-state index >= 15 is 0 Å². The lowest BCUT2D eigenvalue weighted by molar-refractivity contribution is -0.152. The monoisotopic (exact) mass is 255 g/mol. The summed E-state index contributed by atoms with van der Waals surface area (Å²) in [6.45, 7) is 3.46. The van der Waals surface area contributed by atoms with Gasteiger partial charge >= 0.3 is 5.97 Å². The van der Waals surface area contributed by atoms with E-state index in [-0.39, 0.29) is 30.4 Å². The molecule has 0 radical (unpaired) electrons. The van der Waals surface area contributed by atoms with Crippen LogP contribution < -0.4 is 0 Å². The number of rotatable bonds is 5. The van der Waals surface area contributed by atoms with E-state index in [1.165, 1.54) is 0 Å². The number of esters is 1. The molecule has 0 aromatic rings. The third kappa shape index (κ3) is 3.45. The lowest BCUT2D eigenvalue weighted by Crippen LogP contribution is -2.43. The zero-order valence-corrected chi connectivity index (χ0v) is 10.9. The molecule has 0 N–H and O–H groups in total. The summed E-state index contributed by atoms with van der Waals surface area (Å²) in [5.74, 6) is -0.325. The van der Waals surface area contributed by atoms with Crippen LogP contribution in [-0.4, -0.2) is 49.2 Å². The first-order valence-corrected chi connectivity index (χ1v) is 6.76. The summed E-state index contributed by atoms with van der Waals surface area (Å²) in [4.78, 5) is 25.6. The van der Waals surface area contributed by atoms with Gasteiger partial charge in [0, 0.05) is 12.6 Å². The number of carbonyl (C=O) groups is 2. The van der Waals surface area contributed by atoms with Crippen molar-refractivity contribution in [1.82, 2.24) is 4.90 Å². The third-order valence-corrected chi connectivity index (χ3v) is 3.39. The van der Waals surface area contributed by atoms with Crippen molar-refractivity contribution >= 4 is 11.9 Å². The quantitative estimate of drug-likeness (QED) is 0.687. The summed E-state index contributed by atoms with van der Waals surface area (Å²) in [6, 6.07) is 0.240. The van der Waals surface area contributed by atoms with Crippen LogP contribution in [0.5, 0.6) is 0 Å². The fourth-order valence-electron chi connectivity index (χ4n) is 2.29. The van der Waals surface area contributed by atoms with Crippen LogP contribution in [-0.2, 0) is 19.1 Å². The van der Waals surface area contributed by atoms with Crippen molar-refractivity contribution in [1.29, 1.82) is 0 Å². The Kier molecular flexibility index (Phi) is 4.58. The molecule has 1 aliphatic heterocycles. The first-order valence-electron chi connectivity index (χ1n) is 6.76. The molecular weight excluding hydrogens is 234 g/mol. The van der Waals surface area contributed by atoms with E-state index in [1.54, 1.807) is 11.8 Å². The van der Waals surface area contributed by atoms with Gasteiger partial charge in [-0.3, -0.25) is 9.59 Å². The van der Waals surface area contributed by atoms with Crippen molar-refractivity contribution in [2.45, 2.75) is 38.6 Å². The lowest BCUT2D eigenvalue weighted by atomic mass is 10.0. The van der Waals surface area contributed by atoms with Crippen molar-refractivity contribution < 1.29 is 19.1 Å². The Morgan fingerprint density at radius 2 is 2.11 bits per heavy atom. The van der Waals surface area contributed by atoms with Gasteiger partial charge in [-0.05, 0) is 32.6 Å². The first-order chi connectivity index (χ1) is 8.72. The standard InChI is InChI=1S/C13H21NO4/c1-2-18-12(15)8-14(11-5-6-11)13(16)10-4-3-7-17-9-10/h10-11H,2-9H2,1H3. The van der Waals surface area contributed by atoms with Crippen LogP contribution in [0, 0.1) is 5.92 Å². The molecular formula is C13H21NO4. The molecule has 102 valence electrons. The minimum atomic E-state index is -0.311. The maximum atomic E-state index is 12.4. The molecule has 2 rings (SSSR count). The summed E-state index contributed by atoms with van der Waals surface area (Å²) in [5, 5.41) is 0. The van der Waals surface area contributed by atoms with Crippen molar-refractivity contribution in [3.8, 4) is 0 Å². The number of nitrogens with zero attached hydrogens (tertiary/aromatic N) is 1. The third-order valence-electron chi connectivity index (χ3n) is 3.39. The molecule has 0 spiro atoms. The highest BCUT2D eigenvalue weighted by Crippen LogP contribution is 2.29. The van der Waals surface area contributed by atoms with Gasteiger partial charge in [-0.2, -0.15) is 0 Å². The fourth-order valence-corrected chi connectivity index (χ4v) is 2.29. The van der Waals surface area contributed by atoms with Gasteiger partial charge in [-0.1, -0.05) is 0 Å². The molecule has 0 bridgehead atoms. The van der Waals surface area contributed by atoms with Gasteiger partial charge in [0.2, 0.25) is 5.91 Å². The molecule has 5 heteroatoms. The highest BCUT2D eigenvalue weighted by molar-refractivity contribution is 5.84. The second kappa shape index (κ2) is 6.18. The summed E-state index contributed by atoms with van der Waals surface area (Å²) < 4.78 is 10.3. The second-order valence-electron chi connectivity index (χ2n) is 4.92. The predicted octanol–water partition coefficient (Wildman–Crippen LogP) is 0.967. The van der Waals surface area contributed by atoms with E-state index in [4.69, 9.17) is 9.47 Å². The number of amides is 1. The van der Waals surface area contributed by atoms with Gasteiger partial charge in [0.25, 0.3) is 0 Å². The molecule has 0 aromatic heterocycles. The van der Waals surface area contributed by atoms with E-state index in [0.29, 0.717) is 13.2 Å². The van der Waals surface area contributed by atoms with Gasteiger partial charge < -0.3 is 14.4 Å². The largest absolute Gasteiger partial charge is 0.465 e. The molecule has 1 amide bonds. The van der Waals surface area contributed by atoms with Crippen LogP contribution in [0.1, 0.15) is 32.6 Å². The second-order valence-corrected chi connectivity index (χ2v) is 4.92. The van der Waals surface area contributed by atoms with Gasteiger partial charge in [-0.15, -0.1) is 0 Å². The molecule has 1 atom stereocenters. The molecule has 2 aliphatic rings. The topological polar surface area (TPSA) is 55.8 Å². The average molecular weight is 255 g/mol. The SMILES string of the molecule is CCOC(=O)CN(C(=O)C1CCCOC1)C1CC1. The molecule has 1 saturated heterocycles. The Labute approximate surface area is 107 Å². The maximum Gasteiger partial charge on any atom is 0.325 e. The number of hydrogen-bond donors (Lipinski definition) is 0. The van der Waals surface area contributed by atoms with E-state index in [0.717, 1.165) is 32.3 Å². The Morgan fingerprint density at radius 1 is 1.33 bits per heavy atom. The van der Waals surface area contributed by atoms with Gasteiger partial charge in [0.1, 0.15) is 6.54 Å². The molecule has 0 aromatic carbocycles. The molecule has 18 heavy (non-hydrogen) atoms. The minimum Gasteiger partial charge on any atom is -0.465 e. The Bertz CT molecular complexity index is 308. The maximum absolute atomic E-state index is 12.4. The molecule has 1 heterocycles. The fraction of sp³-hybridized carbons (Fsp3) is 0.846. The highest BCUT2D eigenvalue weighted by Gasteiger charge is 2.37. The number of ether oxygens (including phenoxy) is 2. The zero-order valence-electron chi connectivity index (χ0n) is 10.9. The van der Waals surface area contributed by atoms with Crippen LogP contribution >= 0.6 is 0 Å². The Hall–Kier alpha value is -1.10. The molecule has 1 aliphatic carbocycles. The van der Waals surface area contributed by atoms with Crippen molar-refractivity contribution in [2.24, 2.45) is 5.92 Å². The molecule has 1 unspecified atom stereocenters. The van der Waals surface area contributed by atoms with Crippen LogP contribution in [0.4, 0.5) is 0 Å².